The summed E-state index contributed by atoms with van der Waals surface area (Å²) in [5, 5.41) is 0. The highest BCUT2D eigenvalue weighted by Crippen LogP contribution is 2.29. The fraction of sp³-hybridized carbons (Fsp3) is 0.0769. The minimum absolute atomic E-state index is 0.0857. The molecule has 0 heterocycles. The van der Waals surface area contributed by atoms with Crippen molar-refractivity contribution < 1.29 is 21.9 Å². The van der Waals surface area contributed by atoms with Crippen LogP contribution in [0.2, 0.25) is 0 Å². The first kappa shape index (κ1) is 15.7. The van der Waals surface area contributed by atoms with E-state index in [1.165, 1.54) is 19.2 Å². The van der Waals surface area contributed by atoms with E-state index in [0.717, 1.165) is 18.2 Å². The van der Waals surface area contributed by atoms with Crippen molar-refractivity contribution >= 4 is 31.6 Å². The molecular formula is C13H10BrF2NO3S. The Kier molecular flexibility index (Phi) is 4.48. The minimum Gasteiger partial charge on any atom is -0.495 e. The number of ether oxygens (including phenoxy) is 1. The van der Waals surface area contributed by atoms with Crippen molar-refractivity contribution in [2.24, 2.45) is 0 Å². The lowest BCUT2D eigenvalue weighted by Gasteiger charge is -2.12. The highest BCUT2D eigenvalue weighted by Gasteiger charge is 2.21. The van der Waals surface area contributed by atoms with E-state index in [-0.39, 0.29) is 10.6 Å². The maximum absolute atomic E-state index is 13.5. The Morgan fingerprint density at radius 2 is 1.86 bits per heavy atom. The molecule has 0 amide bonds. The van der Waals surface area contributed by atoms with Crippen LogP contribution < -0.4 is 9.46 Å². The van der Waals surface area contributed by atoms with Gasteiger partial charge in [-0.05, 0) is 30.3 Å². The van der Waals surface area contributed by atoms with Gasteiger partial charge in [-0.1, -0.05) is 15.9 Å². The Morgan fingerprint density at radius 3 is 2.52 bits per heavy atom. The molecule has 2 aromatic rings. The van der Waals surface area contributed by atoms with Gasteiger partial charge < -0.3 is 4.74 Å². The van der Waals surface area contributed by atoms with Crippen LogP contribution in [-0.2, 0) is 10.0 Å². The van der Waals surface area contributed by atoms with E-state index in [4.69, 9.17) is 4.74 Å². The number of hydrogen-bond acceptors (Lipinski definition) is 3. The molecule has 112 valence electrons. The summed E-state index contributed by atoms with van der Waals surface area (Å²) in [6.45, 7) is 0. The van der Waals surface area contributed by atoms with Crippen LogP contribution in [-0.4, -0.2) is 15.5 Å². The van der Waals surface area contributed by atoms with Crippen molar-refractivity contribution in [3.05, 3.63) is 52.5 Å². The molecule has 0 unspecified atom stereocenters. The lowest BCUT2D eigenvalue weighted by Crippen LogP contribution is -2.15. The second-order valence-corrected chi connectivity index (χ2v) is 6.59. The molecule has 0 bridgehead atoms. The van der Waals surface area contributed by atoms with Gasteiger partial charge in [0.2, 0.25) is 0 Å². The van der Waals surface area contributed by atoms with E-state index in [1.807, 2.05) is 4.72 Å². The van der Waals surface area contributed by atoms with E-state index in [2.05, 4.69) is 15.9 Å². The predicted octanol–water partition coefficient (Wildman–Crippen LogP) is 3.54. The highest BCUT2D eigenvalue weighted by atomic mass is 79.9. The molecule has 0 saturated carbocycles. The smallest absolute Gasteiger partial charge is 0.265 e. The van der Waals surface area contributed by atoms with E-state index >= 15 is 0 Å². The highest BCUT2D eigenvalue weighted by molar-refractivity contribution is 9.10. The van der Waals surface area contributed by atoms with Gasteiger partial charge in [0.15, 0.2) is 0 Å². The molecule has 1 N–H and O–H groups in total. The summed E-state index contributed by atoms with van der Waals surface area (Å²) in [4.78, 5) is -0.192. The molecule has 2 aromatic carbocycles. The fourth-order valence-corrected chi connectivity index (χ4v) is 3.40. The molecule has 8 heteroatoms. The van der Waals surface area contributed by atoms with Crippen LogP contribution in [0.25, 0.3) is 0 Å². The van der Waals surface area contributed by atoms with Gasteiger partial charge in [0.25, 0.3) is 10.0 Å². The summed E-state index contributed by atoms with van der Waals surface area (Å²) in [5.74, 6) is -1.55. The van der Waals surface area contributed by atoms with Crippen LogP contribution in [0.1, 0.15) is 0 Å². The average Bonchev–Trinajstić information content (AvgIpc) is 2.42. The first-order valence-corrected chi connectivity index (χ1v) is 7.92. The van der Waals surface area contributed by atoms with Crippen LogP contribution in [0.5, 0.6) is 5.75 Å². The Bertz CT molecular complexity index is 781. The normalized spacial score (nSPS) is 11.2. The Balaban J connectivity index is 2.48. The molecule has 0 atom stereocenters. The van der Waals surface area contributed by atoms with Crippen LogP contribution in [0.4, 0.5) is 14.5 Å². The van der Waals surface area contributed by atoms with Crippen LogP contribution in [0, 0.1) is 11.6 Å². The maximum atomic E-state index is 13.5. The standard InChI is InChI=1S/C13H10BrF2NO3S/c1-20-12-5-2-8(14)6-13(12)21(18,19)17-11-7-9(15)3-4-10(11)16/h2-7,17H,1H3. The number of halogens is 3. The molecular weight excluding hydrogens is 368 g/mol. The molecule has 0 aromatic heterocycles. The van der Waals surface area contributed by atoms with Crippen LogP contribution >= 0.6 is 15.9 Å². The molecule has 0 radical (unpaired) electrons. The molecule has 4 nitrogen and oxygen atoms in total. The largest absolute Gasteiger partial charge is 0.495 e. The lowest BCUT2D eigenvalue weighted by atomic mass is 10.3. The van der Waals surface area contributed by atoms with E-state index in [0.29, 0.717) is 4.47 Å². The monoisotopic (exact) mass is 377 g/mol. The zero-order chi connectivity index (χ0) is 15.6. The summed E-state index contributed by atoms with van der Waals surface area (Å²) in [7, 11) is -2.82. The second kappa shape index (κ2) is 5.98. The van der Waals surface area contributed by atoms with Gasteiger partial charge >= 0.3 is 0 Å². The number of nitrogens with one attached hydrogen (secondary N) is 1. The van der Waals surface area contributed by atoms with Gasteiger partial charge in [-0.25, -0.2) is 17.2 Å². The Morgan fingerprint density at radius 1 is 1.14 bits per heavy atom. The minimum atomic E-state index is -4.13. The third-order valence-electron chi connectivity index (χ3n) is 2.59. The van der Waals surface area contributed by atoms with E-state index in [1.54, 1.807) is 6.07 Å². The van der Waals surface area contributed by atoms with Crippen LogP contribution in [0.3, 0.4) is 0 Å². The van der Waals surface area contributed by atoms with Crippen molar-refractivity contribution in [1.82, 2.24) is 0 Å². The van der Waals surface area contributed by atoms with Gasteiger partial charge in [0.1, 0.15) is 22.3 Å². The van der Waals surface area contributed by atoms with Crippen LogP contribution in [0.15, 0.2) is 45.8 Å². The summed E-state index contributed by atoms with van der Waals surface area (Å²) >= 11 is 3.15. The zero-order valence-corrected chi connectivity index (χ0v) is 13.1. The topological polar surface area (TPSA) is 55.4 Å². The third-order valence-corrected chi connectivity index (χ3v) is 4.47. The number of hydrogen-bond donors (Lipinski definition) is 1. The first-order chi connectivity index (χ1) is 9.83. The third kappa shape index (κ3) is 3.51. The average molecular weight is 378 g/mol. The lowest BCUT2D eigenvalue weighted by molar-refractivity contribution is 0.402. The molecule has 0 aliphatic heterocycles. The molecule has 0 aliphatic carbocycles. The molecule has 0 spiro atoms. The van der Waals surface area contributed by atoms with E-state index in [9.17, 15) is 17.2 Å². The summed E-state index contributed by atoms with van der Waals surface area (Å²) < 4.78 is 58.7. The van der Waals surface area contributed by atoms with Crippen molar-refractivity contribution in [2.45, 2.75) is 4.90 Å². The fourth-order valence-electron chi connectivity index (χ4n) is 1.64. The van der Waals surface area contributed by atoms with Gasteiger partial charge in [0, 0.05) is 10.5 Å². The molecule has 21 heavy (non-hydrogen) atoms. The quantitative estimate of drug-likeness (QED) is 0.886. The summed E-state index contributed by atoms with van der Waals surface area (Å²) in [6, 6.07) is 6.84. The number of anilines is 1. The molecule has 0 aliphatic rings. The number of rotatable bonds is 4. The maximum Gasteiger partial charge on any atom is 0.265 e. The van der Waals surface area contributed by atoms with Gasteiger partial charge in [-0.2, -0.15) is 0 Å². The number of sulfonamides is 1. The first-order valence-electron chi connectivity index (χ1n) is 5.65. The molecule has 0 saturated heterocycles. The van der Waals surface area contributed by atoms with Crippen molar-refractivity contribution in [3.63, 3.8) is 0 Å². The Hall–Kier alpha value is -1.67. The Labute approximate surface area is 128 Å². The predicted molar refractivity (Wildman–Crippen MR) is 77.9 cm³/mol. The SMILES string of the molecule is COc1ccc(Br)cc1S(=O)(=O)Nc1cc(F)ccc1F. The van der Waals surface area contributed by atoms with Gasteiger partial charge in [0.05, 0.1) is 12.8 Å². The van der Waals surface area contributed by atoms with Crippen molar-refractivity contribution in [2.75, 3.05) is 11.8 Å². The van der Waals surface area contributed by atoms with E-state index < -0.39 is 27.3 Å². The van der Waals surface area contributed by atoms with Crippen molar-refractivity contribution in [3.8, 4) is 5.75 Å². The zero-order valence-electron chi connectivity index (χ0n) is 10.7. The molecule has 2 rings (SSSR count). The summed E-state index contributed by atoms with van der Waals surface area (Å²) in [6.07, 6.45) is 0. The van der Waals surface area contributed by atoms with Gasteiger partial charge in [-0.15, -0.1) is 0 Å². The number of methoxy groups -OCH3 is 1. The second-order valence-electron chi connectivity index (χ2n) is 4.02. The summed E-state index contributed by atoms with van der Waals surface area (Å²) in [5.41, 5.74) is -0.475. The van der Waals surface area contributed by atoms with Crippen molar-refractivity contribution in [1.29, 1.82) is 0 Å². The molecule has 0 fully saturated rings. The number of benzene rings is 2. The van der Waals surface area contributed by atoms with Gasteiger partial charge in [-0.3, -0.25) is 4.72 Å².